The van der Waals surface area contributed by atoms with Crippen LogP contribution in [0.4, 0.5) is 11.6 Å². The number of ether oxygens (including phenoxy) is 1. The van der Waals surface area contributed by atoms with Crippen molar-refractivity contribution in [2.24, 2.45) is 0 Å². The quantitative estimate of drug-likeness (QED) is 0.274. The molecular weight excluding hydrogens is 587 g/mol. The first-order valence-electron chi connectivity index (χ1n) is 13.0. The van der Waals surface area contributed by atoms with Crippen molar-refractivity contribution in [3.05, 3.63) is 83.0 Å². The lowest BCUT2D eigenvalue weighted by molar-refractivity contribution is -0.124. The molecule has 2 aliphatic heterocycles. The Kier molecular flexibility index (Phi) is 7.11. The fraction of sp³-hybridized carbons (Fsp3) is 0.286. The summed E-state index contributed by atoms with van der Waals surface area (Å²) < 4.78 is 36.3. The average molecular weight is 614 g/mol. The van der Waals surface area contributed by atoms with Gasteiger partial charge in [0.25, 0.3) is 15.9 Å². The van der Waals surface area contributed by atoms with E-state index >= 15 is 0 Å². The van der Waals surface area contributed by atoms with Gasteiger partial charge in [0, 0.05) is 54.0 Å². The number of anilines is 2. The van der Waals surface area contributed by atoms with Gasteiger partial charge in [-0.25, -0.2) is 28.3 Å². The predicted octanol–water partition coefficient (Wildman–Crippen LogP) is 5.04. The maximum Gasteiger partial charge on any atom is 0.262 e. The molecule has 2 aromatic heterocycles. The van der Waals surface area contributed by atoms with Gasteiger partial charge < -0.3 is 4.74 Å². The first-order chi connectivity index (χ1) is 19.6. The van der Waals surface area contributed by atoms with Crippen molar-refractivity contribution in [2.45, 2.75) is 43.5 Å². The highest BCUT2D eigenvalue weighted by atomic mass is 35.5. The first-order valence-corrected chi connectivity index (χ1v) is 15.2. The Hall–Kier alpha value is -3.35. The number of imidazole rings is 1. The number of benzene rings is 2. The van der Waals surface area contributed by atoms with E-state index in [1.807, 2.05) is 31.2 Å². The van der Waals surface area contributed by atoms with E-state index in [1.165, 1.54) is 26.3 Å². The SMILES string of the molecule is CCO[C@@H]1CCN1S(=O)(=O)c1cnc2n1[C@](C)(Cc1ccc(-c3cncnc3)cc1)C(=O)N2c1cc(Cl)cc(Cl)c1. The smallest absolute Gasteiger partial charge is 0.262 e. The van der Waals surface area contributed by atoms with Crippen LogP contribution >= 0.6 is 23.2 Å². The van der Waals surface area contributed by atoms with Crippen LogP contribution in [0.2, 0.25) is 10.0 Å². The largest absolute Gasteiger partial charge is 0.362 e. The molecule has 0 bridgehead atoms. The van der Waals surface area contributed by atoms with E-state index < -0.39 is 21.8 Å². The van der Waals surface area contributed by atoms with Crippen molar-refractivity contribution in [1.29, 1.82) is 0 Å². The second-order valence-electron chi connectivity index (χ2n) is 10.1. The van der Waals surface area contributed by atoms with Gasteiger partial charge in [0.1, 0.15) is 18.1 Å². The van der Waals surface area contributed by atoms with E-state index in [4.69, 9.17) is 27.9 Å². The van der Waals surface area contributed by atoms with Crippen LogP contribution in [-0.2, 0) is 31.5 Å². The standard InChI is InChI=1S/C28H26Cl2N6O4S/c1-3-40-24-8-9-34(24)41(38,39)25-16-33-27-35(23-11-21(29)10-22(30)12-23)26(37)28(2,36(25)27)13-18-4-6-19(7-5-18)20-14-31-17-32-15-20/h4-7,10-12,14-17,24H,3,8-9,13H2,1-2H3/t24-,28-/m1/s1. The van der Waals surface area contributed by atoms with Gasteiger partial charge in [-0.1, -0.05) is 47.5 Å². The molecular formula is C28H26Cl2N6O4S. The van der Waals surface area contributed by atoms with Gasteiger partial charge in [-0.15, -0.1) is 0 Å². The molecule has 4 aromatic rings. The van der Waals surface area contributed by atoms with Crippen molar-refractivity contribution >= 4 is 50.8 Å². The maximum absolute atomic E-state index is 14.3. The summed E-state index contributed by atoms with van der Waals surface area (Å²) in [5.41, 5.74) is 1.65. The number of halogens is 2. The average Bonchev–Trinajstić information content (AvgIpc) is 3.45. The fourth-order valence-corrected chi connectivity index (χ4v) is 7.64. The second kappa shape index (κ2) is 10.5. The lowest BCUT2D eigenvalue weighted by atomic mass is 9.91. The highest BCUT2D eigenvalue weighted by Gasteiger charge is 2.53. The van der Waals surface area contributed by atoms with Gasteiger partial charge in [0.2, 0.25) is 5.95 Å². The molecule has 0 N–H and O–H groups in total. The second-order valence-corrected chi connectivity index (χ2v) is 12.8. The molecule has 4 heterocycles. The maximum atomic E-state index is 14.3. The lowest BCUT2D eigenvalue weighted by Gasteiger charge is -2.39. The molecule has 1 saturated heterocycles. The van der Waals surface area contributed by atoms with Crippen molar-refractivity contribution in [2.75, 3.05) is 18.1 Å². The van der Waals surface area contributed by atoms with Crippen LogP contribution in [0.15, 0.2) is 72.4 Å². The number of nitrogens with zero attached hydrogens (tertiary/aromatic N) is 6. The minimum atomic E-state index is -4.04. The molecule has 0 spiro atoms. The third-order valence-corrected chi connectivity index (χ3v) is 9.71. The summed E-state index contributed by atoms with van der Waals surface area (Å²) in [6.45, 7) is 4.24. The Morgan fingerprint density at radius 3 is 2.32 bits per heavy atom. The molecule has 2 atom stereocenters. The summed E-state index contributed by atoms with van der Waals surface area (Å²) in [6, 6.07) is 12.4. The summed E-state index contributed by atoms with van der Waals surface area (Å²) >= 11 is 12.6. The Morgan fingerprint density at radius 2 is 1.71 bits per heavy atom. The molecule has 1 fully saturated rings. The predicted molar refractivity (Wildman–Crippen MR) is 155 cm³/mol. The summed E-state index contributed by atoms with van der Waals surface area (Å²) in [5.74, 6) is -0.193. The third-order valence-electron chi connectivity index (χ3n) is 7.42. The molecule has 10 nitrogen and oxygen atoms in total. The molecule has 13 heteroatoms. The monoisotopic (exact) mass is 612 g/mol. The number of hydrogen-bond donors (Lipinski definition) is 0. The number of rotatable bonds is 8. The van der Waals surface area contributed by atoms with Crippen molar-refractivity contribution in [3.63, 3.8) is 0 Å². The van der Waals surface area contributed by atoms with Crippen molar-refractivity contribution in [3.8, 4) is 11.1 Å². The number of sulfonamides is 1. The summed E-state index contributed by atoms with van der Waals surface area (Å²) in [5, 5.41) is 0.586. The molecule has 0 aliphatic carbocycles. The molecule has 6 rings (SSSR count). The van der Waals surface area contributed by atoms with Crippen molar-refractivity contribution in [1.82, 2.24) is 23.8 Å². The Labute approximate surface area is 247 Å². The van der Waals surface area contributed by atoms with Crippen LogP contribution in [-0.4, -0.2) is 57.5 Å². The van der Waals surface area contributed by atoms with E-state index in [9.17, 15) is 13.2 Å². The van der Waals surface area contributed by atoms with Crippen LogP contribution in [0.3, 0.4) is 0 Å². The zero-order chi connectivity index (χ0) is 28.9. The van der Waals surface area contributed by atoms with Crippen LogP contribution in [0.1, 0.15) is 25.8 Å². The normalized spacial score (nSPS) is 20.7. The lowest BCUT2D eigenvalue weighted by Crippen LogP contribution is -2.53. The highest BCUT2D eigenvalue weighted by Crippen LogP contribution is 2.45. The number of fused-ring (bicyclic) bond motifs is 1. The summed E-state index contributed by atoms with van der Waals surface area (Å²) in [6.07, 6.45) is 6.44. The van der Waals surface area contributed by atoms with Gasteiger partial charge in [-0.3, -0.25) is 9.36 Å². The van der Waals surface area contributed by atoms with Crippen LogP contribution in [0, 0.1) is 0 Å². The molecule has 0 unspecified atom stereocenters. The van der Waals surface area contributed by atoms with Crippen LogP contribution in [0.25, 0.3) is 11.1 Å². The van der Waals surface area contributed by atoms with Crippen LogP contribution in [0.5, 0.6) is 0 Å². The van der Waals surface area contributed by atoms with E-state index in [1.54, 1.807) is 37.5 Å². The summed E-state index contributed by atoms with van der Waals surface area (Å²) in [4.78, 5) is 28.3. The van der Waals surface area contributed by atoms with E-state index in [0.29, 0.717) is 35.3 Å². The van der Waals surface area contributed by atoms with Crippen molar-refractivity contribution < 1.29 is 17.9 Å². The fourth-order valence-electron chi connectivity index (χ4n) is 5.37. The Bertz CT molecular complexity index is 1710. The zero-order valence-electron chi connectivity index (χ0n) is 22.2. The molecule has 212 valence electrons. The van der Waals surface area contributed by atoms with Gasteiger partial charge in [0.15, 0.2) is 5.03 Å². The van der Waals surface area contributed by atoms with E-state index in [0.717, 1.165) is 16.7 Å². The van der Waals surface area contributed by atoms with E-state index in [-0.39, 0.29) is 23.3 Å². The number of carbonyl (C=O) groups is 1. The molecule has 2 aliphatic rings. The Morgan fingerprint density at radius 1 is 1.02 bits per heavy atom. The van der Waals surface area contributed by atoms with Gasteiger partial charge in [-0.2, -0.15) is 4.31 Å². The molecule has 2 aromatic carbocycles. The first kappa shape index (κ1) is 27.8. The van der Waals surface area contributed by atoms with Gasteiger partial charge in [-0.05, 0) is 43.2 Å². The minimum Gasteiger partial charge on any atom is -0.362 e. The van der Waals surface area contributed by atoms with E-state index in [2.05, 4.69) is 15.0 Å². The Balaban J connectivity index is 1.45. The highest BCUT2D eigenvalue weighted by molar-refractivity contribution is 7.89. The zero-order valence-corrected chi connectivity index (χ0v) is 24.6. The van der Waals surface area contributed by atoms with Gasteiger partial charge >= 0.3 is 0 Å². The number of carbonyl (C=O) groups excluding carboxylic acids is 1. The number of amides is 1. The van der Waals surface area contributed by atoms with Crippen LogP contribution < -0.4 is 4.90 Å². The molecule has 0 saturated carbocycles. The summed E-state index contributed by atoms with van der Waals surface area (Å²) in [7, 11) is -4.04. The number of hydrogen-bond acceptors (Lipinski definition) is 7. The topological polar surface area (TPSA) is 111 Å². The third kappa shape index (κ3) is 4.71. The number of aromatic nitrogens is 4. The minimum absolute atomic E-state index is 0.0820. The molecule has 1 amide bonds. The van der Waals surface area contributed by atoms with Gasteiger partial charge in [0.05, 0.1) is 11.9 Å². The molecule has 0 radical (unpaired) electrons. The molecule has 41 heavy (non-hydrogen) atoms.